The Morgan fingerprint density at radius 3 is 2.83 bits per heavy atom. The number of pyridine rings is 1. The molecule has 8 heteroatoms. The van der Waals surface area contributed by atoms with Crippen LogP contribution in [0.25, 0.3) is 11.2 Å². The molecule has 1 fully saturated rings. The quantitative estimate of drug-likeness (QED) is 0.790. The van der Waals surface area contributed by atoms with E-state index in [0.717, 1.165) is 48.1 Å². The fraction of sp³-hybridized carbons (Fsp3) is 0.500. The SMILES string of the molecule is CC(C)c1nsc(N2CCC(n3c(=O)[nH]c4cccnc43)CC2)n1. The maximum Gasteiger partial charge on any atom is 0.327 e. The van der Waals surface area contributed by atoms with Crippen molar-refractivity contribution in [1.82, 2.24) is 23.9 Å². The Morgan fingerprint density at radius 1 is 1.33 bits per heavy atom. The normalized spacial score (nSPS) is 16.4. The summed E-state index contributed by atoms with van der Waals surface area (Å²) in [6.07, 6.45) is 3.54. The fourth-order valence-corrected chi connectivity index (χ4v) is 4.06. The van der Waals surface area contributed by atoms with Gasteiger partial charge in [-0.05, 0) is 25.0 Å². The van der Waals surface area contributed by atoms with E-state index < -0.39 is 0 Å². The van der Waals surface area contributed by atoms with Crippen LogP contribution in [0.5, 0.6) is 0 Å². The van der Waals surface area contributed by atoms with Gasteiger partial charge in [0.05, 0.1) is 5.52 Å². The summed E-state index contributed by atoms with van der Waals surface area (Å²) in [4.78, 5) is 26.5. The van der Waals surface area contributed by atoms with Gasteiger partial charge in [-0.1, -0.05) is 13.8 Å². The molecule has 1 aliphatic rings. The molecular formula is C16H20N6OS. The summed E-state index contributed by atoms with van der Waals surface area (Å²) in [7, 11) is 0. The molecule has 0 bridgehead atoms. The zero-order valence-electron chi connectivity index (χ0n) is 13.8. The lowest BCUT2D eigenvalue weighted by molar-refractivity contribution is 0.395. The molecule has 0 saturated carbocycles. The van der Waals surface area contributed by atoms with Gasteiger partial charge in [-0.25, -0.2) is 14.8 Å². The van der Waals surface area contributed by atoms with Gasteiger partial charge < -0.3 is 9.88 Å². The van der Waals surface area contributed by atoms with Gasteiger partial charge in [-0.2, -0.15) is 4.37 Å². The van der Waals surface area contributed by atoms with Gasteiger partial charge in [0, 0.05) is 42.8 Å². The maximum atomic E-state index is 12.3. The van der Waals surface area contributed by atoms with Gasteiger partial charge in [-0.15, -0.1) is 0 Å². The summed E-state index contributed by atoms with van der Waals surface area (Å²) < 4.78 is 6.25. The zero-order valence-corrected chi connectivity index (χ0v) is 14.6. The number of piperidine rings is 1. The molecule has 1 aliphatic heterocycles. The molecule has 0 amide bonds. The summed E-state index contributed by atoms with van der Waals surface area (Å²) in [6.45, 7) is 5.97. The van der Waals surface area contributed by atoms with Crippen LogP contribution in [0.2, 0.25) is 0 Å². The lowest BCUT2D eigenvalue weighted by Gasteiger charge is -2.31. The van der Waals surface area contributed by atoms with Crippen LogP contribution < -0.4 is 10.6 Å². The van der Waals surface area contributed by atoms with Crippen LogP contribution in [0.1, 0.15) is 44.5 Å². The molecule has 4 heterocycles. The first kappa shape index (κ1) is 15.3. The Morgan fingerprint density at radius 2 is 2.12 bits per heavy atom. The minimum absolute atomic E-state index is 0.0693. The van der Waals surface area contributed by atoms with Crippen LogP contribution in [-0.2, 0) is 0 Å². The van der Waals surface area contributed by atoms with Crippen molar-refractivity contribution in [2.75, 3.05) is 18.0 Å². The van der Waals surface area contributed by atoms with E-state index in [1.54, 1.807) is 6.20 Å². The average Bonchev–Trinajstić information content (AvgIpc) is 3.19. The maximum absolute atomic E-state index is 12.3. The van der Waals surface area contributed by atoms with Crippen molar-refractivity contribution in [2.45, 2.75) is 38.6 Å². The molecule has 1 N–H and O–H groups in total. The van der Waals surface area contributed by atoms with Crippen LogP contribution in [0.4, 0.5) is 5.13 Å². The van der Waals surface area contributed by atoms with Gasteiger partial charge >= 0.3 is 5.69 Å². The Hall–Kier alpha value is -2.22. The van der Waals surface area contributed by atoms with E-state index in [2.05, 4.69) is 38.1 Å². The summed E-state index contributed by atoms with van der Waals surface area (Å²) >= 11 is 1.47. The molecule has 3 aromatic heterocycles. The molecule has 0 atom stereocenters. The van der Waals surface area contributed by atoms with Gasteiger partial charge in [0.2, 0.25) is 5.13 Å². The highest BCUT2D eigenvalue weighted by Crippen LogP contribution is 2.29. The molecule has 0 unspecified atom stereocenters. The van der Waals surface area contributed by atoms with Crippen LogP contribution in [0.3, 0.4) is 0 Å². The van der Waals surface area contributed by atoms with Crippen molar-refractivity contribution >= 4 is 27.8 Å². The molecule has 0 aromatic carbocycles. The number of H-pyrrole nitrogens is 1. The van der Waals surface area contributed by atoms with Crippen molar-refractivity contribution in [2.24, 2.45) is 0 Å². The van der Waals surface area contributed by atoms with Crippen LogP contribution in [-0.4, -0.2) is 37.0 Å². The van der Waals surface area contributed by atoms with Crippen molar-refractivity contribution < 1.29 is 0 Å². The first-order valence-electron chi connectivity index (χ1n) is 8.27. The Kier molecular flexibility index (Phi) is 3.84. The fourth-order valence-electron chi connectivity index (χ4n) is 3.20. The summed E-state index contributed by atoms with van der Waals surface area (Å²) in [5.74, 6) is 1.26. The summed E-state index contributed by atoms with van der Waals surface area (Å²) in [5.41, 5.74) is 1.48. The number of aromatic nitrogens is 5. The highest BCUT2D eigenvalue weighted by atomic mass is 32.1. The minimum atomic E-state index is -0.0693. The number of anilines is 1. The van der Waals surface area contributed by atoms with Crippen molar-refractivity contribution in [3.8, 4) is 0 Å². The Labute approximate surface area is 143 Å². The summed E-state index contributed by atoms with van der Waals surface area (Å²) in [5, 5.41) is 0.988. The van der Waals surface area contributed by atoms with Crippen molar-refractivity contribution in [3.05, 3.63) is 34.6 Å². The van der Waals surface area contributed by atoms with E-state index >= 15 is 0 Å². The molecule has 0 aliphatic carbocycles. The van der Waals surface area contributed by atoms with Crippen LogP contribution in [0, 0.1) is 0 Å². The lowest BCUT2D eigenvalue weighted by Crippen LogP contribution is -2.37. The molecular weight excluding hydrogens is 324 g/mol. The van der Waals surface area contributed by atoms with E-state index in [1.165, 1.54) is 11.5 Å². The first-order valence-corrected chi connectivity index (χ1v) is 9.04. The molecule has 0 radical (unpaired) electrons. The monoisotopic (exact) mass is 344 g/mol. The molecule has 1 saturated heterocycles. The third kappa shape index (κ3) is 2.60. The minimum Gasteiger partial charge on any atom is -0.347 e. The number of fused-ring (bicyclic) bond motifs is 1. The largest absolute Gasteiger partial charge is 0.347 e. The highest BCUT2D eigenvalue weighted by Gasteiger charge is 2.25. The topological polar surface area (TPSA) is 79.7 Å². The average molecular weight is 344 g/mol. The standard InChI is InChI=1S/C16H20N6OS/c1-10(2)13-19-16(24-20-13)21-8-5-11(6-9-21)22-14-12(18-15(22)23)4-3-7-17-14/h3-4,7,10-11H,5-6,8-9H2,1-2H3,(H,18,23). The molecule has 126 valence electrons. The molecule has 3 aromatic rings. The van der Waals surface area contributed by atoms with Gasteiger partial charge in [0.15, 0.2) is 5.65 Å². The number of hydrogen-bond donors (Lipinski definition) is 1. The van der Waals surface area contributed by atoms with E-state index in [0.29, 0.717) is 5.92 Å². The predicted octanol–water partition coefficient (Wildman–Crippen LogP) is 2.54. The third-order valence-corrected chi connectivity index (χ3v) is 5.31. The number of nitrogens with one attached hydrogen (secondary N) is 1. The van der Waals surface area contributed by atoms with E-state index in [9.17, 15) is 4.79 Å². The van der Waals surface area contributed by atoms with Crippen LogP contribution in [0.15, 0.2) is 23.1 Å². The second-order valence-corrected chi connectivity index (χ2v) is 7.21. The molecule has 7 nitrogen and oxygen atoms in total. The first-order chi connectivity index (χ1) is 11.6. The van der Waals surface area contributed by atoms with Gasteiger partial charge in [0.25, 0.3) is 0 Å². The molecule has 0 spiro atoms. The third-order valence-electron chi connectivity index (χ3n) is 4.52. The molecule has 24 heavy (non-hydrogen) atoms. The smallest absolute Gasteiger partial charge is 0.327 e. The second kappa shape index (κ2) is 6.01. The number of nitrogens with zero attached hydrogens (tertiary/aromatic N) is 5. The number of hydrogen-bond acceptors (Lipinski definition) is 6. The van der Waals surface area contributed by atoms with Gasteiger partial charge in [-0.3, -0.25) is 4.57 Å². The number of aromatic amines is 1. The second-order valence-electron chi connectivity index (χ2n) is 6.48. The molecule has 4 rings (SSSR count). The van der Waals surface area contributed by atoms with E-state index in [-0.39, 0.29) is 11.7 Å². The summed E-state index contributed by atoms with van der Waals surface area (Å²) in [6, 6.07) is 3.91. The Balaban J connectivity index is 1.53. The van der Waals surface area contributed by atoms with Crippen molar-refractivity contribution in [1.29, 1.82) is 0 Å². The Bertz CT molecular complexity index is 903. The zero-order chi connectivity index (χ0) is 16.7. The van der Waals surface area contributed by atoms with Crippen molar-refractivity contribution in [3.63, 3.8) is 0 Å². The van der Waals surface area contributed by atoms with E-state index in [4.69, 9.17) is 0 Å². The van der Waals surface area contributed by atoms with Crippen LogP contribution >= 0.6 is 11.5 Å². The van der Waals surface area contributed by atoms with Gasteiger partial charge in [0.1, 0.15) is 5.82 Å². The lowest BCUT2D eigenvalue weighted by atomic mass is 10.1. The number of imidazole rings is 1. The number of rotatable bonds is 3. The van der Waals surface area contributed by atoms with E-state index in [1.807, 2.05) is 16.7 Å². The predicted molar refractivity (Wildman–Crippen MR) is 94.8 cm³/mol. The highest BCUT2D eigenvalue weighted by molar-refractivity contribution is 7.09.